The Balaban J connectivity index is 1.55. The molecule has 7 heteroatoms. The van der Waals surface area contributed by atoms with Gasteiger partial charge >= 0.3 is 0 Å². The van der Waals surface area contributed by atoms with Gasteiger partial charge in [-0.15, -0.1) is 0 Å². The van der Waals surface area contributed by atoms with Crippen molar-refractivity contribution in [3.8, 4) is 0 Å². The Morgan fingerprint density at radius 1 is 1.08 bits per heavy atom. The van der Waals surface area contributed by atoms with E-state index in [1.807, 2.05) is 24.3 Å². The molecule has 0 saturated carbocycles. The number of amides is 1. The van der Waals surface area contributed by atoms with Crippen LogP contribution >= 0.6 is 11.6 Å². The first-order chi connectivity index (χ1) is 11.7. The second kappa shape index (κ2) is 7.61. The maximum Gasteiger partial charge on any atom is 0.271 e. The highest BCUT2D eigenvalue weighted by Gasteiger charge is 2.08. The topological polar surface area (TPSA) is 80.0 Å². The first-order valence-corrected chi connectivity index (χ1v) is 7.70. The van der Waals surface area contributed by atoms with E-state index in [-0.39, 0.29) is 11.6 Å². The minimum Gasteiger partial charge on any atom is -0.467 e. The molecule has 0 unspecified atom stereocenters. The van der Waals surface area contributed by atoms with Gasteiger partial charge in [0.05, 0.1) is 25.2 Å². The van der Waals surface area contributed by atoms with E-state index in [4.69, 9.17) is 16.0 Å². The summed E-state index contributed by atoms with van der Waals surface area (Å²) in [5.41, 5.74) is 1.20. The molecule has 6 nitrogen and oxygen atoms in total. The fraction of sp³-hybridized carbons (Fsp3) is 0.118. The minimum atomic E-state index is -0.309. The van der Waals surface area contributed by atoms with E-state index >= 15 is 0 Å². The van der Waals surface area contributed by atoms with Gasteiger partial charge in [-0.05, 0) is 23.8 Å². The average molecular weight is 343 g/mol. The molecule has 0 aliphatic rings. The third-order valence-corrected chi connectivity index (χ3v) is 3.67. The van der Waals surface area contributed by atoms with Gasteiger partial charge < -0.3 is 15.1 Å². The zero-order chi connectivity index (χ0) is 16.8. The Labute approximate surface area is 143 Å². The summed E-state index contributed by atoms with van der Waals surface area (Å²) in [6.45, 7) is 0.832. The first-order valence-electron chi connectivity index (χ1n) is 7.32. The molecule has 0 saturated heterocycles. The number of anilines is 1. The predicted octanol–water partition coefficient (Wildman–Crippen LogP) is 3.27. The van der Waals surface area contributed by atoms with Crippen LogP contribution in [0.2, 0.25) is 5.02 Å². The molecule has 3 aromatic rings. The van der Waals surface area contributed by atoms with Crippen LogP contribution in [0.3, 0.4) is 0 Å². The molecule has 24 heavy (non-hydrogen) atoms. The molecule has 2 heterocycles. The van der Waals surface area contributed by atoms with Gasteiger partial charge in [0.1, 0.15) is 17.3 Å². The molecule has 0 aliphatic heterocycles. The molecule has 0 radical (unpaired) electrons. The van der Waals surface area contributed by atoms with Crippen LogP contribution in [0.25, 0.3) is 0 Å². The van der Waals surface area contributed by atoms with Gasteiger partial charge in [0, 0.05) is 11.6 Å². The van der Waals surface area contributed by atoms with Crippen molar-refractivity contribution < 1.29 is 9.21 Å². The summed E-state index contributed by atoms with van der Waals surface area (Å²) in [6.07, 6.45) is 4.49. The number of hydrogen-bond acceptors (Lipinski definition) is 5. The number of nitrogens with one attached hydrogen (secondary N) is 2. The van der Waals surface area contributed by atoms with E-state index in [0.717, 1.165) is 5.56 Å². The van der Waals surface area contributed by atoms with Crippen molar-refractivity contribution in [2.45, 2.75) is 13.1 Å². The highest BCUT2D eigenvalue weighted by atomic mass is 35.5. The van der Waals surface area contributed by atoms with Crippen LogP contribution in [0.1, 0.15) is 21.8 Å². The summed E-state index contributed by atoms with van der Waals surface area (Å²) >= 11 is 6.10. The Morgan fingerprint density at radius 3 is 2.67 bits per heavy atom. The SMILES string of the molecule is O=C(NCc1ccco1)c1cnc(NCc2ccccc2Cl)cn1. The number of carbonyl (C=O) groups excluding carboxylic acids is 1. The van der Waals surface area contributed by atoms with Crippen molar-refractivity contribution in [1.29, 1.82) is 0 Å². The van der Waals surface area contributed by atoms with Crippen LogP contribution in [0.15, 0.2) is 59.5 Å². The first kappa shape index (κ1) is 16.0. The van der Waals surface area contributed by atoms with Crippen LogP contribution in [0.5, 0.6) is 0 Å². The molecule has 3 rings (SSSR count). The highest BCUT2D eigenvalue weighted by Crippen LogP contribution is 2.16. The maximum absolute atomic E-state index is 12.0. The number of furan rings is 1. The van der Waals surface area contributed by atoms with E-state index < -0.39 is 0 Å². The predicted molar refractivity (Wildman–Crippen MR) is 90.7 cm³/mol. The number of nitrogens with zero attached hydrogens (tertiary/aromatic N) is 2. The Morgan fingerprint density at radius 2 is 1.96 bits per heavy atom. The molecule has 1 amide bonds. The molecule has 0 spiro atoms. The van der Waals surface area contributed by atoms with Gasteiger partial charge in [-0.1, -0.05) is 29.8 Å². The Hall–Kier alpha value is -2.86. The summed E-state index contributed by atoms with van der Waals surface area (Å²) in [6, 6.07) is 11.1. The number of aromatic nitrogens is 2. The van der Waals surface area contributed by atoms with Crippen molar-refractivity contribution >= 4 is 23.3 Å². The number of carbonyl (C=O) groups is 1. The summed E-state index contributed by atoms with van der Waals surface area (Å²) in [5.74, 6) is 0.934. The lowest BCUT2D eigenvalue weighted by Gasteiger charge is -2.07. The van der Waals surface area contributed by atoms with Gasteiger partial charge in [0.15, 0.2) is 0 Å². The van der Waals surface area contributed by atoms with Crippen LogP contribution in [0.4, 0.5) is 5.82 Å². The van der Waals surface area contributed by atoms with Gasteiger partial charge in [0.25, 0.3) is 5.91 Å². The van der Waals surface area contributed by atoms with Crippen molar-refractivity contribution in [2.75, 3.05) is 5.32 Å². The normalized spacial score (nSPS) is 10.4. The lowest BCUT2D eigenvalue weighted by molar-refractivity contribution is 0.0942. The van der Waals surface area contributed by atoms with Gasteiger partial charge in [0.2, 0.25) is 0 Å². The van der Waals surface area contributed by atoms with Gasteiger partial charge in [-0.25, -0.2) is 9.97 Å². The van der Waals surface area contributed by atoms with Crippen LogP contribution in [-0.2, 0) is 13.1 Å². The smallest absolute Gasteiger partial charge is 0.271 e. The highest BCUT2D eigenvalue weighted by molar-refractivity contribution is 6.31. The molecular formula is C17H15ClN4O2. The summed E-state index contributed by atoms with van der Waals surface area (Å²) in [7, 11) is 0. The molecule has 1 aromatic carbocycles. The van der Waals surface area contributed by atoms with Crippen LogP contribution in [-0.4, -0.2) is 15.9 Å². The van der Waals surface area contributed by atoms with Crippen molar-refractivity contribution in [1.82, 2.24) is 15.3 Å². The third-order valence-electron chi connectivity index (χ3n) is 3.31. The van der Waals surface area contributed by atoms with E-state index in [2.05, 4.69) is 20.6 Å². The molecule has 122 valence electrons. The monoisotopic (exact) mass is 342 g/mol. The van der Waals surface area contributed by atoms with E-state index in [9.17, 15) is 4.79 Å². The fourth-order valence-electron chi connectivity index (χ4n) is 2.04. The number of hydrogen-bond donors (Lipinski definition) is 2. The lowest BCUT2D eigenvalue weighted by atomic mass is 10.2. The Kier molecular flexibility index (Phi) is 5.08. The van der Waals surface area contributed by atoms with E-state index in [1.165, 1.54) is 12.4 Å². The van der Waals surface area contributed by atoms with Gasteiger partial charge in [-0.3, -0.25) is 4.79 Å². The molecular weight excluding hydrogens is 328 g/mol. The zero-order valence-electron chi connectivity index (χ0n) is 12.7. The Bertz CT molecular complexity index is 804. The standard InChI is InChI=1S/C17H15ClN4O2/c18-14-6-2-1-4-12(14)8-20-16-11-19-15(10-21-16)17(23)22-9-13-5-3-7-24-13/h1-7,10-11H,8-9H2,(H,20,21)(H,22,23). The minimum absolute atomic E-state index is 0.241. The largest absolute Gasteiger partial charge is 0.467 e. The van der Waals surface area contributed by atoms with Gasteiger partial charge in [-0.2, -0.15) is 0 Å². The van der Waals surface area contributed by atoms with Crippen LogP contribution in [0, 0.1) is 0 Å². The van der Waals surface area contributed by atoms with E-state index in [0.29, 0.717) is 29.7 Å². The lowest BCUT2D eigenvalue weighted by Crippen LogP contribution is -2.23. The number of halogens is 1. The van der Waals surface area contributed by atoms with Crippen molar-refractivity contribution in [3.05, 3.63) is 77.1 Å². The number of benzene rings is 1. The van der Waals surface area contributed by atoms with Crippen molar-refractivity contribution in [3.63, 3.8) is 0 Å². The van der Waals surface area contributed by atoms with Crippen LogP contribution < -0.4 is 10.6 Å². The summed E-state index contributed by atoms with van der Waals surface area (Å²) in [5, 5.41) is 6.52. The second-order valence-corrected chi connectivity index (χ2v) is 5.40. The quantitative estimate of drug-likeness (QED) is 0.718. The summed E-state index contributed by atoms with van der Waals surface area (Å²) < 4.78 is 5.15. The maximum atomic E-state index is 12.0. The molecule has 0 aliphatic carbocycles. The summed E-state index contributed by atoms with van der Waals surface area (Å²) in [4.78, 5) is 20.3. The fourth-order valence-corrected chi connectivity index (χ4v) is 2.24. The number of rotatable bonds is 6. The molecule has 2 aromatic heterocycles. The average Bonchev–Trinajstić information content (AvgIpc) is 3.13. The zero-order valence-corrected chi connectivity index (χ0v) is 13.5. The molecule has 2 N–H and O–H groups in total. The molecule has 0 fully saturated rings. The second-order valence-electron chi connectivity index (χ2n) is 4.99. The van der Waals surface area contributed by atoms with Crippen molar-refractivity contribution in [2.24, 2.45) is 0 Å². The molecule has 0 atom stereocenters. The third kappa shape index (κ3) is 4.11. The molecule has 0 bridgehead atoms. The van der Waals surface area contributed by atoms with E-state index in [1.54, 1.807) is 18.4 Å².